The van der Waals surface area contributed by atoms with Crippen molar-refractivity contribution in [3.05, 3.63) is 71.8 Å². The Bertz CT molecular complexity index is 2010. The molecule has 3 aliphatic heterocycles. The molecule has 354 valence electrons. The molecule has 3 aliphatic rings. The van der Waals surface area contributed by atoms with Crippen LogP contribution in [0.3, 0.4) is 0 Å². The van der Waals surface area contributed by atoms with Crippen molar-refractivity contribution in [3.8, 4) is 0 Å². The number of ether oxygens (including phenoxy) is 13. The van der Waals surface area contributed by atoms with Crippen LogP contribution in [0.4, 0.5) is 0 Å². The third-order valence-electron chi connectivity index (χ3n) is 9.78. The zero-order valence-electron chi connectivity index (χ0n) is 36.3. The predicted octanol–water partition coefficient (Wildman–Crippen LogP) is 1.25. The Morgan fingerprint density at radius 1 is 0.508 bits per heavy atom. The first-order valence-corrected chi connectivity index (χ1v) is 20.3. The molecule has 0 radical (unpaired) electrons. The number of esters is 8. The predicted molar refractivity (Wildman–Crippen MR) is 210 cm³/mol. The lowest BCUT2D eigenvalue weighted by Crippen LogP contribution is -2.67. The van der Waals surface area contributed by atoms with Gasteiger partial charge in [0.15, 0.2) is 67.7 Å². The van der Waals surface area contributed by atoms with Crippen LogP contribution in [-0.4, -0.2) is 152 Å². The van der Waals surface area contributed by atoms with Gasteiger partial charge in [0.1, 0.15) is 18.8 Å². The van der Waals surface area contributed by atoms with Gasteiger partial charge < -0.3 is 66.7 Å². The molecule has 3 fully saturated rings. The van der Waals surface area contributed by atoms with Crippen LogP contribution in [0.2, 0.25) is 0 Å². The summed E-state index contributed by atoms with van der Waals surface area (Å²) in [7, 11) is 0. The minimum Gasteiger partial charge on any atom is -0.463 e. The highest BCUT2D eigenvalue weighted by atomic mass is 16.8. The standard InChI is InChI=1S/C43H50O22/c1-20-31(62-39(50)27-14-10-8-11-15-27)34(63-40(51)28-16-12-9-13-17-28)38(65-42-37(60-26(7)49)33(58-24(5)47)29(19-54-42)56-22(3)45)43(55-20)64-35-32(57-23(4)46)30(18-53-21(2)44)61-41(52)36(35)59-25(6)48/h8-17,20,29-38,41-43,52H,18-19H2,1-7H3/t20-,29-,30+,31-,32+,33-,34+,35-,36+,37+,38+,41?,42-,43-/m0/s1. The number of aliphatic hydroxyl groups excluding tert-OH is 1. The smallest absolute Gasteiger partial charge is 0.338 e. The maximum Gasteiger partial charge on any atom is 0.338 e. The summed E-state index contributed by atoms with van der Waals surface area (Å²) in [5.41, 5.74) is 0.103. The van der Waals surface area contributed by atoms with Gasteiger partial charge in [-0.3, -0.25) is 28.8 Å². The minimum atomic E-state index is -2.03. The molecule has 2 aromatic carbocycles. The molecular weight excluding hydrogens is 868 g/mol. The minimum absolute atomic E-state index is 0.0209. The molecule has 1 unspecified atom stereocenters. The van der Waals surface area contributed by atoms with Crippen molar-refractivity contribution >= 4 is 47.8 Å². The average molecular weight is 919 g/mol. The SMILES string of the molecule is CC(=O)OC[C@H]1OC(O)[C@H](OC(C)=O)[C@@H](O[C@@H]2O[C@@H](C)[C@H](OC(=O)c3ccccc3)[C@@H](OC(=O)c3ccccc3)[C@H]2O[C@@H]2OC[C@H](OC(C)=O)[C@H](OC(C)=O)[C@H]2OC(C)=O)[C@@H]1OC(C)=O. The summed E-state index contributed by atoms with van der Waals surface area (Å²) in [6, 6.07) is 15.3. The molecule has 0 saturated carbocycles. The van der Waals surface area contributed by atoms with Gasteiger partial charge in [-0.15, -0.1) is 0 Å². The molecule has 5 rings (SSSR count). The zero-order chi connectivity index (χ0) is 47.5. The van der Waals surface area contributed by atoms with Crippen LogP contribution in [0.25, 0.3) is 0 Å². The summed E-state index contributed by atoms with van der Waals surface area (Å²) in [6.07, 6.45) is -23.7. The fourth-order valence-electron chi connectivity index (χ4n) is 7.23. The maximum absolute atomic E-state index is 14.0. The molecule has 2 aromatic rings. The number of hydrogen-bond acceptors (Lipinski definition) is 22. The van der Waals surface area contributed by atoms with Crippen LogP contribution in [0.15, 0.2) is 60.7 Å². The second-order valence-corrected chi connectivity index (χ2v) is 14.9. The third kappa shape index (κ3) is 13.5. The fraction of sp³-hybridized carbons (Fsp3) is 0.535. The number of benzene rings is 2. The highest BCUT2D eigenvalue weighted by Gasteiger charge is 2.58. The summed E-state index contributed by atoms with van der Waals surface area (Å²) < 4.78 is 75.6. The Morgan fingerprint density at radius 2 is 0.985 bits per heavy atom. The lowest BCUT2D eigenvalue weighted by molar-refractivity contribution is -0.378. The Hall–Kier alpha value is -6.04. The summed E-state index contributed by atoms with van der Waals surface area (Å²) in [6.45, 7) is 6.53. The number of aliphatic hydroxyl groups is 1. The molecule has 0 spiro atoms. The monoisotopic (exact) mass is 918 g/mol. The highest BCUT2D eigenvalue weighted by molar-refractivity contribution is 5.90. The zero-order valence-corrected chi connectivity index (χ0v) is 36.3. The molecule has 14 atom stereocenters. The van der Waals surface area contributed by atoms with Crippen molar-refractivity contribution in [2.45, 2.75) is 134 Å². The van der Waals surface area contributed by atoms with Gasteiger partial charge in [-0.05, 0) is 31.2 Å². The number of carbonyl (C=O) groups excluding carboxylic acids is 8. The summed E-state index contributed by atoms with van der Waals surface area (Å²) in [5.74, 6) is -7.20. The van der Waals surface area contributed by atoms with Gasteiger partial charge in [0.25, 0.3) is 0 Å². The fourth-order valence-corrected chi connectivity index (χ4v) is 7.23. The van der Waals surface area contributed by atoms with Crippen LogP contribution >= 0.6 is 0 Å². The first kappa shape index (κ1) is 50.0. The van der Waals surface area contributed by atoms with E-state index in [9.17, 15) is 43.5 Å². The van der Waals surface area contributed by atoms with Crippen LogP contribution in [0, 0.1) is 0 Å². The van der Waals surface area contributed by atoms with Gasteiger partial charge in [-0.1, -0.05) is 36.4 Å². The maximum atomic E-state index is 14.0. The molecule has 22 heteroatoms. The van der Waals surface area contributed by atoms with Crippen LogP contribution in [0.5, 0.6) is 0 Å². The van der Waals surface area contributed by atoms with Crippen LogP contribution in [0.1, 0.15) is 69.2 Å². The highest BCUT2D eigenvalue weighted by Crippen LogP contribution is 2.37. The van der Waals surface area contributed by atoms with E-state index < -0.39 is 147 Å². The van der Waals surface area contributed by atoms with Crippen LogP contribution < -0.4 is 0 Å². The van der Waals surface area contributed by atoms with Gasteiger partial charge in [0, 0.05) is 41.5 Å². The van der Waals surface area contributed by atoms with Gasteiger partial charge in [0.05, 0.1) is 23.8 Å². The molecule has 0 aliphatic carbocycles. The quantitative estimate of drug-likeness (QED) is 0.194. The molecule has 3 heterocycles. The van der Waals surface area contributed by atoms with Crippen molar-refractivity contribution in [3.63, 3.8) is 0 Å². The van der Waals surface area contributed by atoms with Crippen molar-refractivity contribution in [2.75, 3.05) is 13.2 Å². The molecule has 65 heavy (non-hydrogen) atoms. The van der Waals surface area contributed by atoms with Crippen LogP contribution in [-0.2, 0) is 90.3 Å². The van der Waals surface area contributed by atoms with E-state index in [-0.39, 0.29) is 11.1 Å². The van der Waals surface area contributed by atoms with Gasteiger partial charge in [-0.25, -0.2) is 9.59 Å². The summed E-state index contributed by atoms with van der Waals surface area (Å²) in [4.78, 5) is 102. The number of carbonyl (C=O) groups is 8. The molecule has 22 nitrogen and oxygen atoms in total. The van der Waals surface area contributed by atoms with Crippen molar-refractivity contribution in [2.24, 2.45) is 0 Å². The Kier molecular flexibility index (Phi) is 17.5. The van der Waals surface area contributed by atoms with Crippen molar-refractivity contribution < 1.29 is 105 Å². The van der Waals surface area contributed by atoms with Gasteiger partial charge in [0.2, 0.25) is 0 Å². The van der Waals surface area contributed by atoms with Gasteiger partial charge in [-0.2, -0.15) is 0 Å². The van der Waals surface area contributed by atoms with E-state index in [0.29, 0.717) is 0 Å². The van der Waals surface area contributed by atoms with Crippen molar-refractivity contribution in [1.82, 2.24) is 0 Å². The molecular formula is C43H50O22. The van der Waals surface area contributed by atoms with E-state index >= 15 is 0 Å². The van der Waals surface area contributed by atoms with E-state index in [1.54, 1.807) is 36.4 Å². The third-order valence-corrected chi connectivity index (χ3v) is 9.78. The Labute approximate surface area is 371 Å². The molecule has 1 N–H and O–H groups in total. The first-order valence-electron chi connectivity index (χ1n) is 20.3. The summed E-state index contributed by atoms with van der Waals surface area (Å²) in [5, 5.41) is 11.2. The van der Waals surface area contributed by atoms with E-state index in [1.165, 1.54) is 31.2 Å². The first-order chi connectivity index (χ1) is 30.8. The normalized spacial score (nSPS) is 30.9. The molecule has 0 bridgehead atoms. The number of rotatable bonds is 15. The average Bonchev–Trinajstić information content (AvgIpc) is 3.23. The topological polar surface area (TPSA) is 277 Å². The molecule has 0 aromatic heterocycles. The van der Waals surface area contributed by atoms with E-state index in [1.807, 2.05) is 0 Å². The Morgan fingerprint density at radius 3 is 1.51 bits per heavy atom. The second-order valence-electron chi connectivity index (χ2n) is 14.9. The second kappa shape index (κ2) is 22.7. The van der Waals surface area contributed by atoms with Gasteiger partial charge >= 0.3 is 47.8 Å². The largest absolute Gasteiger partial charge is 0.463 e. The van der Waals surface area contributed by atoms with E-state index in [0.717, 1.165) is 41.5 Å². The lowest BCUT2D eigenvalue weighted by atomic mass is 9.96. The lowest BCUT2D eigenvalue weighted by Gasteiger charge is -2.49. The Balaban J connectivity index is 1.68. The van der Waals surface area contributed by atoms with Crippen molar-refractivity contribution in [1.29, 1.82) is 0 Å². The molecule has 0 amide bonds. The molecule has 3 saturated heterocycles. The number of hydrogen-bond donors (Lipinski definition) is 1. The van der Waals surface area contributed by atoms with E-state index in [4.69, 9.17) is 61.6 Å². The summed E-state index contributed by atoms with van der Waals surface area (Å²) >= 11 is 0. The van der Waals surface area contributed by atoms with E-state index in [2.05, 4.69) is 0 Å².